The Morgan fingerprint density at radius 1 is 1.25 bits per heavy atom. The fourth-order valence-corrected chi connectivity index (χ4v) is 2.07. The maximum Gasteiger partial charge on any atom is 0.416 e. The van der Waals surface area contributed by atoms with E-state index < -0.39 is 17.2 Å². The SMILES string of the molecule is C=CC(C#N)(CCCC)Cc1ccc(C(F)(F)F)cc1. The summed E-state index contributed by atoms with van der Waals surface area (Å²) in [6.45, 7) is 5.74. The predicted molar refractivity (Wildman–Crippen MR) is 72.9 cm³/mol. The number of alkyl halides is 3. The zero-order chi connectivity index (χ0) is 15.2. The molecule has 1 atom stereocenters. The van der Waals surface area contributed by atoms with Gasteiger partial charge in [0.15, 0.2) is 0 Å². The zero-order valence-corrected chi connectivity index (χ0v) is 11.5. The highest BCUT2D eigenvalue weighted by Crippen LogP contribution is 2.32. The van der Waals surface area contributed by atoms with Gasteiger partial charge in [-0.25, -0.2) is 0 Å². The Morgan fingerprint density at radius 2 is 1.85 bits per heavy atom. The average molecular weight is 281 g/mol. The van der Waals surface area contributed by atoms with Gasteiger partial charge in [-0.05, 0) is 30.5 Å². The van der Waals surface area contributed by atoms with E-state index in [1.165, 1.54) is 12.1 Å². The van der Waals surface area contributed by atoms with Crippen LogP contribution in [-0.2, 0) is 12.6 Å². The average Bonchev–Trinajstić information content (AvgIpc) is 2.43. The van der Waals surface area contributed by atoms with Crippen LogP contribution in [0.4, 0.5) is 13.2 Å². The third kappa shape index (κ3) is 4.12. The second-order valence-electron chi connectivity index (χ2n) is 4.95. The first-order valence-corrected chi connectivity index (χ1v) is 6.58. The van der Waals surface area contributed by atoms with E-state index in [2.05, 4.69) is 12.6 Å². The van der Waals surface area contributed by atoms with Gasteiger partial charge in [0.1, 0.15) is 0 Å². The Morgan fingerprint density at radius 3 is 2.25 bits per heavy atom. The summed E-state index contributed by atoms with van der Waals surface area (Å²) in [6, 6.07) is 7.23. The second-order valence-corrected chi connectivity index (χ2v) is 4.95. The molecule has 0 N–H and O–H groups in total. The third-order valence-corrected chi connectivity index (χ3v) is 3.39. The first kappa shape index (κ1) is 16.3. The summed E-state index contributed by atoms with van der Waals surface area (Å²) in [5.41, 5.74) is -0.651. The highest BCUT2D eigenvalue weighted by Gasteiger charge is 2.31. The minimum absolute atomic E-state index is 0.394. The molecule has 0 aliphatic heterocycles. The van der Waals surface area contributed by atoms with Crippen molar-refractivity contribution in [2.75, 3.05) is 0 Å². The molecular weight excluding hydrogens is 263 g/mol. The molecule has 0 radical (unpaired) electrons. The maximum atomic E-state index is 12.5. The number of hydrogen-bond donors (Lipinski definition) is 0. The van der Waals surface area contributed by atoms with Crippen molar-refractivity contribution < 1.29 is 13.2 Å². The number of nitriles is 1. The number of hydrogen-bond acceptors (Lipinski definition) is 1. The van der Waals surface area contributed by atoms with Crippen molar-refractivity contribution in [3.8, 4) is 6.07 Å². The molecule has 1 nitrogen and oxygen atoms in total. The van der Waals surface area contributed by atoms with Crippen LogP contribution >= 0.6 is 0 Å². The molecule has 1 aromatic rings. The van der Waals surface area contributed by atoms with E-state index in [9.17, 15) is 18.4 Å². The Kier molecular flexibility index (Phi) is 5.38. The van der Waals surface area contributed by atoms with Gasteiger partial charge in [0.25, 0.3) is 0 Å². The van der Waals surface area contributed by atoms with Crippen molar-refractivity contribution in [3.05, 3.63) is 48.0 Å². The highest BCUT2D eigenvalue weighted by atomic mass is 19.4. The Bertz CT molecular complexity index is 482. The van der Waals surface area contributed by atoms with Gasteiger partial charge in [-0.15, -0.1) is 6.58 Å². The number of unbranched alkanes of at least 4 members (excludes halogenated alkanes) is 1. The number of nitrogens with zero attached hydrogens (tertiary/aromatic N) is 1. The van der Waals surface area contributed by atoms with E-state index in [-0.39, 0.29) is 0 Å². The van der Waals surface area contributed by atoms with Crippen LogP contribution in [0.5, 0.6) is 0 Å². The molecule has 0 bridgehead atoms. The van der Waals surface area contributed by atoms with Crippen LogP contribution in [-0.4, -0.2) is 0 Å². The van der Waals surface area contributed by atoms with Gasteiger partial charge in [-0.2, -0.15) is 18.4 Å². The lowest BCUT2D eigenvalue weighted by atomic mass is 9.79. The quantitative estimate of drug-likeness (QED) is 0.663. The topological polar surface area (TPSA) is 23.8 Å². The van der Waals surface area contributed by atoms with Gasteiger partial charge in [-0.3, -0.25) is 0 Å². The monoisotopic (exact) mass is 281 g/mol. The number of halogens is 3. The molecule has 4 heteroatoms. The largest absolute Gasteiger partial charge is 0.416 e. The molecule has 1 unspecified atom stereocenters. The van der Waals surface area contributed by atoms with Crippen LogP contribution in [0.2, 0.25) is 0 Å². The zero-order valence-electron chi connectivity index (χ0n) is 11.5. The summed E-state index contributed by atoms with van der Waals surface area (Å²) in [5, 5.41) is 9.35. The van der Waals surface area contributed by atoms with Crippen LogP contribution in [0.3, 0.4) is 0 Å². The third-order valence-electron chi connectivity index (χ3n) is 3.39. The van der Waals surface area contributed by atoms with Crippen molar-refractivity contribution in [1.29, 1.82) is 5.26 Å². The van der Waals surface area contributed by atoms with Gasteiger partial charge in [0.2, 0.25) is 0 Å². The summed E-state index contributed by atoms with van der Waals surface area (Å²) >= 11 is 0. The lowest BCUT2D eigenvalue weighted by molar-refractivity contribution is -0.137. The summed E-state index contributed by atoms with van der Waals surface area (Å²) in [6.07, 6.45) is 0.200. The van der Waals surface area contributed by atoms with Crippen molar-refractivity contribution in [2.45, 2.75) is 38.8 Å². The van der Waals surface area contributed by atoms with Crippen LogP contribution in [0.1, 0.15) is 37.3 Å². The molecular formula is C16H18F3N. The smallest absolute Gasteiger partial charge is 0.197 e. The highest BCUT2D eigenvalue weighted by molar-refractivity contribution is 5.28. The van der Waals surface area contributed by atoms with Crippen LogP contribution < -0.4 is 0 Å². The molecule has 1 aromatic carbocycles. The van der Waals surface area contributed by atoms with Crippen molar-refractivity contribution in [3.63, 3.8) is 0 Å². The van der Waals surface area contributed by atoms with E-state index in [0.29, 0.717) is 12.8 Å². The number of allylic oxidation sites excluding steroid dienone is 1. The van der Waals surface area contributed by atoms with Gasteiger partial charge in [-0.1, -0.05) is 38.0 Å². The molecule has 0 amide bonds. The summed E-state index contributed by atoms with van der Waals surface area (Å²) in [7, 11) is 0. The molecule has 108 valence electrons. The lowest BCUT2D eigenvalue weighted by Gasteiger charge is -2.22. The molecule has 20 heavy (non-hydrogen) atoms. The van der Waals surface area contributed by atoms with E-state index in [1.807, 2.05) is 6.92 Å². The molecule has 0 aliphatic carbocycles. The van der Waals surface area contributed by atoms with Gasteiger partial charge in [0.05, 0.1) is 17.0 Å². The number of rotatable bonds is 6. The molecule has 0 fully saturated rings. The Hall–Kier alpha value is -1.76. The van der Waals surface area contributed by atoms with Crippen molar-refractivity contribution in [2.24, 2.45) is 5.41 Å². The predicted octanol–water partition coefficient (Wildman–Crippen LogP) is 5.13. The van der Waals surface area contributed by atoms with Crippen LogP contribution in [0, 0.1) is 16.7 Å². The Labute approximate surface area is 117 Å². The number of benzene rings is 1. The summed E-state index contributed by atoms with van der Waals surface area (Å²) < 4.78 is 37.5. The van der Waals surface area contributed by atoms with Crippen molar-refractivity contribution in [1.82, 2.24) is 0 Å². The maximum absolute atomic E-state index is 12.5. The molecule has 0 saturated carbocycles. The normalized spacial score (nSPS) is 14.3. The van der Waals surface area contributed by atoms with Crippen LogP contribution in [0.15, 0.2) is 36.9 Å². The molecule has 0 spiro atoms. The fourth-order valence-electron chi connectivity index (χ4n) is 2.07. The summed E-state index contributed by atoms with van der Waals surface area (Å²) in [4.78, 5) is 0. The minimum Gasteiger partial charge on any atom is -0.197 e. The van der Waals surface area contributed by atoms with E-state index in [1.54, 1.807) is 6.08 Å². The van der Waals surface area contributed by atoms with Crippen molar-refractivity contribution >= 4 is 0 Å². The van der Waals surface area contributed by atoms with Crippen LogP contribution in [0.25, 0.3) is 0 Å². The van der Waals surface area contributed by atoms with Gasteiger partial charge >= 0.3 is 6.18 Å². The minimum atomic E-state index is -4.33. The van der Waals surface area contributed by atoms with E-state index >= 15 is 0 Å². The molecule has 0 saturated heterocycles. The summed E-state index contributed by atoms with van der Waals surface area (Å²) in [5.74, 6) is 0. The van der Waals surface area contributed by atoms with Gasteiger partial charge in [0, 0.05) is 0 Å². The lowest BCUT2D eigenvalue weighted by Crippen LogP contribution is -2.19. The first-order valence-electron chi connectivity index (χ1n) is 6.58. The fraction of sp³-hybridized carbons (Fsp3) is 0.438. The van der Waals surface area contributed by atoms with E-state index in [0.717, 1.165) is 30.5 Å². The van der Waals surface area contributed by atoms with Gasteiger partial charge < -0.3 is 0 Å². The van der Waals surface area contributed by atoms with E-state index in [4.69, 9.17) is 0 Å². The molecule has 1 rings (SSSR count). The first-order chi connectivity index (χ1) is 9.37. The molecule has 0 heterocycles. The molecule has 0 aliphatic rings. The Balaban J connectivity index is 2.90. The second kappa shape index (κ2) is 6.60. The standard InChI is InChI=1S/C16H18F3N/c1-3-5-10-15(4-2,12-20)11-13-6-8-14(9-7-13)16(17,18)19/h4,6-9H,2-3,5,10-11H2,1H3. The molecule has 0 aromatic heterocycles.